The molecule has 0 amide bonds. The van der Waals surface area contributed by atoms with E-state index in [2.05, 4.69) is 42.2 Å². The number of halogens is 2. The Hall–Kier alpha value is -1.40. The summed E-state index contributed by atoms with van der Waals surface area (Å²) in [5.41, 5.74) is 1.16. The Balaban J connectivity index is 2.29. The number of pyridine rings is 1. The largest absolute Gasteiger partial charge is 0.479 e. The lowest BCUT2D eigenvalue weighted by molar-refractivity contribution is -0.138. The highest BCUT2D eigenvalue weighted by Gasteiger charge is 2.21. The molecule has 98 valence electrons. The molecule has 1 unspecified atom stereocenters. The van der Waals surface area contributed by atoms with Crippen LogP contribution in [0.15, 0.2) is 51.5 Å². The summed E-state index contributed by atoms with van der Waals surface area (Å²) in [6, 6.07) is 9.89. The third-order valence-corrected chi connectivity index (χ3v) is 3.63. The van der Waals surface area contributed by atoms with Crippen molar-refractivity contribution in [3.63, 3.8) is 0 Å². The summed E-state index contributed by atoms with van der Waals surface area (Å²) in [7, 11) is 0. The molecule has 0 radical (unpaired) electrons. The Bertz CT molecular complexity index is 587. The highest BCUT2D eigenvalue weighted by molar-refractivity contribution is 9.10. The van der Waals surface area contributed by atoms with E-state index in [0.717, 1.165) is 8.95 Å². The van der Waals surface area contributed by atoms with Gasteiger partial charge in [0.1, 0.15) is 0 Å². The molecule has 4 nitrogen and oxygen atoms in total. The fourth-order valence-corrected chi connectivity index (χ4v) is 2.19. The summed E-state index contributed by atoms with van der Waals surface area (Å²) in [6.45, 7) is 0. The maximum Gasteiger partial charge on any atom is 0.332 e. The Morgan fingerprint density at radius 2 is 1.95 bits per heavy atom. The second-order valence-corrected chi connectivity index (χ2v) is 5.57. The molecule has 1 aromatic carbocycles. The number of carbonyl (C=O) groups is 1. The van der Waals surface area contributed by atoms with Crippen molar-refractivity contribution in [3.8, 4) is 0 Å². The maximum atomic E-state index is 11.4. The lowest BCUT2D eigenvalue weighted by atomic mass is 10.1. The summed E-state index contributed by atoms with van der Waals surface area (Å²) in [4.78, 5) is 15.5. The maximum absolute atomic E-state index is 11.4. The van der Waals surface area contributed by atoms with Gasteiger partial charge in [-0.1, -0.05) is 12.1 Å². The third kappa shape index (κ3) is 3.54. The average molecular weight is 386 g/mol. The summed E-state index contributed by atoms with van der Waals surface area (Å²) in [6.07, 6.45) is 1.58. The van der Waals surface area contributed by atoms with Crippen LogP contribution in [0.3, 0.4) is 0 Å². The van der Waals surface area contributed by atoms with Crippen LogP contribution in [0.25, 0.3) is 0 Å². The number of aromatic nitrogens is 1. The number of rotatable bonds is 4. The van der Waals surface area contributed by atoms with Crippen LogP contribution in [0.2, 0.25) is 0 Å². The van der Waals surface area contributed by atoms with Crippen molar-refractivity contribution in [3.05, 3.63) is 57.2 Å². The van der Waals surface area contributed by atoms with Crippen LogP contribution >= 0.6 is 31.9 Å². The van der Waals surface area contributed by atoms with E-state index in [4.69, 9.17) is 0 Å². The number of nitrogens with zero attached hydrogens (tertiary/aromatic N) is 1. The Morgan fingerprint density at radius 3 is 2.53 bits per heavy atom. The van der Waals surface area contributed by atoms with E-state index in [1.165, 1.54) is 0 Å². The highest BCUT2D eigenvalue weighted by atomic mass is 79.9. The Morgan fingerprint density at radius 1 is 1.21 bits per heavy atom. The van der Waals surface area contributed by atoms with Crippen molar-refractivity contribution in [1.29, 1.82) is 0 Å². The van der Waals surface area contributed by atoms with Crippen molar-refractivity contribution in [2.75, 3.05) is 5.32 Å². The van der Waals surface area contributed by atoms with E-state index in [1.54, 1.807) is 24.4 Å². The topological polar surface area (TPSA) is 62.2 Å². The van der Waals surface area contributed by atoms with Crippen molar-refractivity contribution >= 4 is 43.5 Å². The van der Waals surface area contributed by atoms with Crippen molar-refractivity contribution in [2.45, 2.75) is 6.04 Å². The molecule has 2 aromatic rings. The molecule has 0 fully saturated rings. The summed E-state index contributed by atoms with van der Waals surface area (Å²) in [5, 5.41) is 12.3. The van der Waals surface area contributed by atoms with Crippen LogP contribution in [0.1, 0.15) is 11.7 Å². The number of hydrogen-bond donors (Lipinski definition) is 2. The highest BCUT2D eigenvalue weighted by Crippen LogP contribution is 2.26. The van der Waals surface area contributed by atoms with Gasteiger partial charge in [0.2, 0.25) is 0 Å². The quantitative estimate of drug-likeness (QED) is 0.839. The predicted octanol–water partition coefficient (Wildman–Crippen LogP) is 3.84. The van der Waals surface area contributed by atoms with Gasteiger partial charge >= 0.3 is 5.97 Å². The SMILES string of the molecule is O=C(O)C(Nc1ccccc1Br)c1ccc(Br)cn1. The van der Waals surface area contributed by atoms with E-state index in [1.807, 2.05) is 18.2 Å². The predicted molar refractivity (Wildman–Crippen MR) is 80.1 cm³/mol. The smallest absolute Gasteiger partial charge is 0.332 e. The number of hydrogen-bond acceptors (Lipinski definition) is 3. The van der Waals surface area contributed by atoms with Crippen LogP contribution in [-0.4, -0.2) is 16.1 Å². The third-order valence-electron chi connectivity index (χ3n) is 2.47. The van der Waals surface area contributed by atoms with E-state index >= 15 is 0 Å². The molecule has 1 atom stereocenters. The molecule has 1 heterocycles. The number of nitrogens with one attached hydrogen (secondary N) is 1. The number of aliphatic carboxylic acids is 1. The fourth-order valence-electron chi connectivity index (χ4n) is 1.55. The van der Waals surface area contributed by atoms with Crippen molar-refractivity contribution in [2.24, 2.45) is 0 Å². The monoisotopic (exact) mass is 384 g/mol. The molecular weight excluding hydrogens is 376 g/mol. The first kappa shape index (κ1) is 14.0. The van der Waals surface area contributed by atoms with Crippen LogP contribution in [0.4, 0.5) is 5.69 Å². The summed E-state index contributed by atoms with van der Waals surface area (Å²) in [5.74, 6) is -0.981. The van der Waals surface area contributed by atoms with Crippen LogP contribution in [0.5, 0.6) is 0 Å². The second kappa shape index (κ2) is 6.16. The summed E-state index contributed by atoms with van der Waals surface area (Å²) >= 11 is 6.65. The molecule has 0 saturated heterocycles. The van der Waals surface area contributed by atoms with Gasteiger partial charge in [-0.2, -0.15) is 0 Å². The van der Waals surface area contributed by atoms with Gasteiger partial charge in [0, 0.05) is 20.8 Å². The van der Waals surface area contributed by atoms with Crippen molar-refractivity contribution < 1.29 is 9.90 Å². The minimum Gasteiger partial charge on any atom is -0.479 e. The van der Waals surface area contributed by atoms with Crippen LogP contribution in [-0.2, 0) is 4.79 Å². The molecule has 0 spiro atoms. The van der Waals surface area contributed by atoms with Gasteiger partial charge in [-0.3, -0.25) is 4.98 Å². The standard InChI is InChI=1S/C13H10Br2N2O2/c14-8-5-6-11(16-7-8)12(13(18)19)17-10-4-2-1-3-9(10)15/h1-7,12,17H,(H,18,19). The molecule has 2 rings (SSSR count). The fraction of sp³-hybridized carbons (Fsp3) is 0.0769. The first-order valence-corrected chi connectivity index (χ1v) is 7.02. The Kier molecular flexibility index (Phi) is 4.55. The van der Waals surface area contributed by atoms with Gasteiger partial charge in [0.15, 0.2) is 6.04 Å². The number of carboxylic acids is 1. The second-order valence-electron chi connectivity index (χ2n) is 3.80. The minimum atomic E-state index is -0.981. The van der Waals surface area contributed by atoms with Crippen LogP contribution < -0.4 is 5.32 Å². The van der Waals surface area contributed by atoms with Gasteiger partial charge in [-0.25, -0.2) is 4.79 Å². The number of para-hydroxylation sites is 1. The van der Waals surface area contributed by atoms with Gasteiger partial charge in [-0.15, -0.1) is 0 Å². The molecular formula is C13H10Br2N2O2. The van der Waals surface area contributed by atoms with E-state index in [-0.39, 0.29) is 0 Å². The van der Waals surface area contributed by atoms with Gasteiger partial charge in [0.05, 0.1) is 5.69 Å². The molecule has 6 heteroatoms. The first-order chi connectivity index (χ1) is 9.08. The number of carboxylic acid groups (broad SMARTS) is 1. The molecule has 0 aliphatic heterocycles. The van der Waals surface area contributed by atoms with Crippen LogP contribution in [0, 0.1) is 0 Å². The number of benzene rings is 1. The van der Waals surface area contributed by atoms with Gasteiger partial charge in [-0.05, 0) is 56.1 Å². The zero-order valence-corrected chi connectivity index (χ0v) is 12.8. The molecule has 0 saturated carbocycles. The lowest BCUT2D eigenvalue weighted by Gasteiger charge is -2.16. The number of anilines is 1. The van der Waals surface area contributed by atoms with E-state index < -0.39 is 12.0 Å². The van der Waals surface area contributed by atoms with Crippen molar-refractivity contribution in [1.82, 2.24) is 4.98 Å². The molecule has 0 aliphatic rings. The minimum absolute atomic E-state index is 0.450. The first-order valence-electron chi connectivity index (χ1n) is 5.43. The van der Waals surface area contributed by atoms with Gasteiger partial charge < -0.3 is 10.4 Å². The zero-order chi connectivity index (χ0) is 13.8. The molecule has 1 aromatic heterocycles. The van der Waals surface area contributed by atoms with Gasteiger partial charge in [0.25, 0.3) is 0 Å². The average Bonchev–Trinajstić information content (AvgIpc) is 2.39. The zero-order valence-electron chi connectivity index (χ0n) is 9.68. The molecule has 0 aliphatic carbocycles. The molecule has 0 bridgehead atoms. The van der Waals surface area contributed by atoms with E-state index in [9.17, 15) is 9.90 Å². The van der Waals surface area contributed by atoms with E-state index in [0.29, 0.717) is 11.4 Å². The lowest BCUT2D eigenvalue weighted by Crippen LogP contribution is -2.21. The molecule has 19 heavy (non-hydrogen) atoms. The normalized spacial score (nSPS) is 11.9. The molecule has 2 N–H and O–H groups in total. The Labute approximate surface area is 127 Å². The summed E-state index contributed by atoms with van der Waals surface area (Å²) < 4.78 is 1.61.